The Bertz CT molecular complexity index is 230. The molecule has 0 unspecified atom stereocenters. The summed E-state index contributed by atoms with van der Waals surface area (Å²) in [6.07, 6.45) is 2.59. The van der Waals surface area contributed by atoms with Crippen molar-refractivity contribution in [2.45, 2.75) is 33.2 Å². The summed E-state index contributed by atoms with van der Waals surface area (Å²) in [6.45, 7) is 7.95. The van der Waals surface area contributed by atoms with Gasteiger partial charge >= 0.3 is 0 Å². The van der Waals surface area contributed by atoms with Gasteiger partial charge in [-0.1, -0.05) is 50.6 Å². The van der Waals surface area contributed by atoms with E-state index >= 15 is 0 Å². The van der Waals surface area contributed by atoms with Crippen molar-refractivity contribution in [1.82, 2.24) is 4.90 Å². The summed E-state index contributed by atoms with van der Waals surface area (Å²) >= 11 is 0. The van der Waals surface area contributed by atoms with Crippen LogP contribution >= 0.6 is 0 Å². The largest absolute Gasteiger partial charge is 0.299 e. The third kappa shape index (κ3) is 3.93. The van der Waals surface area contributed by atoms with E-state index in [0.717, 1.165) is 13.1 Å². The van der Waals surface area contributed by atoms with E-state index < -0.39 is 0 Å². The molecule has 0 atom stereocenters. The first-order valence-electron chi connectivity index (χ1n) is 5.63. The van der Waals surface area contributed by atoms with Crippen LogP contribution in [0.25, 0.3) is 0 Å². The second kappa shape index (κ2) is 6.61. The molecule has 0 aliphatic heterocycles. The molecule has 0 radical (unpaired) electrons. The molecule has 0 aliphatic carbocycles. The van der Waals surface area contributed by atoms with Gasteiger partial charge in [0.1, 0.15) is 0 Å². The van der Waals surface area contributed by atoms with Crippen molar-refractivity contribution >= 4 is 0 Å². The molecule has 0 spiro atoms. The Morgan fingerprint density at radius 1 is 1.07 bits per heavy atom. The lowest BCUT2D eigenvalue weighted by Gasteiger charge is -2.19. The number of rotatable bonds is 6. The molecular formula is C13H21N. The minimum absolute atomic E-state index is 1.09. The predicted octanol–water partition coefficient (Wildman–Crippen LogP) is 3.31. The molecule has 0 saturated carbocycles. The highest BCUT2D eigenvalue weighted by atomic mass is 15.1. The van der Waals surface area contributed by atoms with Crippen molar-refractivity contribution in [3.05, 3.63) is 35.9 Å². The Morgan fingerprint density at radius 2 is 1.79 bits per heavy atom. The summed E-state index contributed by atoms with van der Waals surface area (Å²) in [7, 11) is 0. The molecule has 14 heavy (non-hydrogen) atoms. The second-order valence-electron chi connectivity index (χ2n) is 3.71. The van der Waals surface area contributed by atoms with Crippen LogP contribution in [-0.2, 0) is 6.54 Å². The molecule has 1 rings (SSSR count). The smallest absolute Gasteiger partial charge is 0.0233 e. The minimum Gasteiger partial charge on any atom is -0.299 e. The van der Waals surface area contributed by atoms with Gasteiger partial charge in [-0.2, -0.15) is 0 Å². The lowest BCUT2D eigenvalue weighted by Crippen LogP contribution is -2.23. The first-order valence-corrected chi connectivity index (χ1v) is 5.63. The van der Waals surface area contributed by atoms with Gasteiger partial charge in [-0.25, -0.2) is 0 Å². The van der Waals surface area contributed by atoms with Gasteiger partial charge < -0.3 is 0 Å². The van der Waals surface area contributed by atoms with E-state index in [9.17, 15) is 0 Å². The van der Waals surface area contributed by atoms with Crippen LogP contribution < -0.4 is 0 Å². The van der Waals surface area contributed by atoms with Crippen molar-refractivity contribution in [3.8, 4) is 0 Å². The van der Waals surface area contributed by atoms with Crippen LogP contribution in [0, 0.1) is 0 Å². The van der Waals surface area contributed by atoms with Gasteiger partial charge in [0.15, 0.2) is 0 Å². The van der Waals surface area contributed by atoms with Crippen LogP contribution in [0.15, 0.2) is 30.3 Å². The lowest BCUT2D eigenvalue weighted by molar-refractivity contribution is 0.275. The first-order chi connectivity index (χ1) is 6.86. The molecule has 0 N–H and O–H groups in total. The lowest BCUT2D eigenvalue weighted by atomic mass is 10.2. The maximum Gasteiger partial charge on any atom is 0.0233 e. The van der Waals surface area contributed by atoms with Gasteiger partial charge in [0.25, 0.3) is 0 Å². The first kappa shape index (κ1) is 11.3. The van der Waals surface area contributed by atoms with Gasteiger partial charge in [0.05, 0.1) is 0 Å². The molecule has 1 aromatic carbocycles. The SMILES string of the molecule is CCCCN(CC)Cc1ccccc1. The number of nitrogens with zero attached hydrogens (tertiary/aromatic N) is 1. The molecule has 1 nitrogen and oxygen atoms in total. The molecule has 1 heteroatoms. The van der Waals surface area contributed by atoms with Gasteiger partial charge in [-0.3, -0.25) is 4.90 Å². The predicted molar refractivity (Wildman–Crippen MR) is 62.3 cm³/mol. The Hall–Kier alpha value is -0.820. The molecule has 0 heterocycles. The monoisotopic (exact) mass is 191 g/mol. The minimum atomic E-state index is 1.09. The Morgan fingerprint density at radius 3 is 2.36 bits per heavy atom. The van der Waals surface area contributed by atoms with E-state index in [4.69, 9.17) is 0 Å². The molecule has 0 bridgehead atoms. The van der Waals surface area contributed by atoms with Crippen molar-refractivity contribution in [1.29, 1.82) is 0 Å². The maximum absolute atomic E-state index is 2.50. The van der Waals surface area contributed by atoms with Crippen molar-refractivity contribution in [3.63, 3.8) is 0 Å². The summed E-state index contributed by atoms with van der Waals surface area (Å²) in [5.41, 5.74) is 1.42. The molecule has 0 fully saturated rings. The number of benzene rings is 1. The fourth-order valence-corrected chi connectivity index (χ4v) is 1.57. The molecule has 1 aromatic rings. The Kier molecular flexibility index (Phi) is 5.31. The van der Waals surface area contributed by atoms with E-state index in [2.05, 4.69) is 49.1 Å². The summed E-state index contributed by atoms with van der Waals surface area (Å²) in [6, 6.07) is 10.7. The van der Waals surface area contributed by atoms with Crippen LogP contribution in [0.1, 0.15) is 32.3 Å². The Labute approximate surface area is 87.7 Å². The third-order valence-electron chi connectivity index (χ3n) is 2.52. The number of unbranched alkanes of at least 4 members (excludes halogenated alkanes) is 1. The average Bonchev–Trinajstić information content (AvgIpc) is 2.25. The molecule has 78 valence electrons. The van der Waals surface area contributed by atoms with Crippen LogP contribution in [0.4, 0.5) is 0 Å². The standard InChI is InChI=1S/C13H21N/c1-3-5-11-14(4-2)12-13-9-7-6-8-10-13/h6-10H,3-5,11-12H2,1-2H3. The average molecular weight is 191 g/mol. The van der Waals surface area contributed by atoms with Crippen LogP contribution in [0.5, 0.6) is 0 Å². The fourth-order valence-electron chi connectivity index (χ4n) is 1.57. The summed E-state index contributed by atoms with van der Waals surface area (Å²) in [5, 5.41) is 0. The third-order valence-corrected chi connectivity index (χ3v) is 2.52. The molecule has 0 aliphatic rings. The normalized spacial score (nSPS) is 10.8. The topological polar surface area (TPSA) is 3.24 Å². The highest BCUT2D eigenvalue weighted by Gasteiger charge is 2.01. The zero-order valence-electron chi connectivity index (χ0n) is 9.37. The zero-order valence-corrected chi connectivity index (χ0v) is 9.37. The second-order valence-corrected chi connectivity index (χ2v) is 3.71. The van der Waals surface area contributed by atoms with Crippen molar-refractivity contribution in [2.75, 3.05) is 13.1 Å². The van der Waals surface area contributed by atoms with Crippen molar-refractivity contribution < 1.29 is 0 Å². The van der Waals surface area contributed by atoms with E-state index in [1.165, 1.54) is 24.9 Å². The molecule has 0 amide bonds. The number of hydrogen-bond donors (Lipinski definition) is 0. The van der Waals surface area contributed by atoms with Crippen LogP contribution in [0.2, 0.25) is 0 Å². The van der Waals surface area contributed by atoms with E-state index in [0.29, 0.717) is 0 Å². The van der Waals surface area contributed by atoms with Gasteiger partial charge in [-0.05, 0) is 25.1 Å². The van der Waals surface area contributed by atoms with E-state index in [-0.39, 0.29) is 0 Å². The highest BCUT2D eigenvalue weighted by molar-refractivity contribution is 5.14. The maximum atomic E-state index is 2.50. The van der Waals surface area contributed by atoms with Gasteiger partial charge in [0.2, 0.25) is 0 Å². The van der Waals surface area contributed by atoms with Crippen molar-refractivity contribution in [2.24, 2.45) is 0 Å². The van der Waals surface area contributed by atoms with Crippen LogP contribution in [-0.4, -0.2) is 18.0 Å². The highest BCUT2D eigenvalue weighted by Crippen LogP contribution is 2.05. The summed E-state index contributed by atoms with van der Waals surface area (Å²) in [4.78, 5) is 2.50. The quantitative estimate of drug-likeness (QED) is 0.667. The van der Waals surface area contributed by atoms with Gasteiger partial charge in [0, 0.05) is 6.54 Å². The Balaban J connectivity index is 2.40. The fraction of sp³-hybridized carbons (Fsp3) is 0.538. The van der Waals surface area contributed by atoms with Crippen LogP contribution in [0.3, 0.4) is 0 Å². The van der Waals surface area contributed by atoms with E-state index in [1.807, 2.05) is 0 Å². The van der Waals surface area contributed by atoms with E-state index in [1.54, 1.807) is 0 Å². The number of hydrogen-bond acceptors (Lipinski definition) is 1. The summed E-state index contributed by atoms with van der Waals surface area (Å²) < 4.78 is 0. The molecule has 0 saturated heterocycles. The molecule has 0 aromatic heterocycles. The molecular weight excluding hydrogens is 170 g/mol. The van der Waals surface area contributed by atoms with Gasteiger partial charge in [-0.15, -0.1) is 0 Å². The zero-order chi connectivity index (χ0) is 10.2. The summed E-state index contributed by atoms with van der Waals surface area (Å²) in [5.74, 6) is 0.